The van der Waals surface area contributed by atoms with Gasteiger partial charge in [-0.2, -0.15) is 0 Å². The van der Waals surface area contributed by atoms with Gasteiger partial charge in [0.15, 0.2) is 0 Å². The zero-order chi connectivity index (χ0) is 9.07. The third-order valence-electron chi connectivity index (χ3n) is 1.79. The second-order valence-corrected chi connectivity index (χ2v) is 4.56. The van der Waals surface area contributed by atoms with Crippen molar-refractivity contribution < 1.29 is 5.11 Å². The van der Waals surface area contributed by atoms with Crippen molar-refractivity contribution in [2.24, 2.45) is 5.41 Å². The van der Waals surface area contributed by atoms with Crippen LogP contribution in [0.25, 0.3) is 0 Å². The SMILES string of the molecule is CN(C)C(CO)CC(C)(C)C. The summed E-state index contributed by atoms with van der Waals surface area (Å²) in [5.41, 5.74) is 0.303. The Labute approximate surface area is 70.2 Å². The van der Waals surface area contributed by atoms with Gasteiger partial charge in [0.05, 0.1) is 6.61 Å². The molecule has 11 heavy (non-hydrogen) atoms. The van der Waals surface area contributed by atoms with Crippen LogP contribution < -0.4 is 0 Å². The lowest BCUT2D eigenvalue weighted by molar-refractivity contribution is 0.129. The number of aliphatic hydroxyl groups excluding tert-OH is 1. The van der Waals surface area contributed by atoms with E-state index in [4.69, 9.17) is 5.11 Å². The highest BCUT2D eigenvalue weighted by Crippen LogP contribution is 2.22. The predicted octanol–water partition coefficient (Wildman–Crippen LogP) is 1.35. The van der Waals surface area contributed by atoms with Crippen molar-refractivity contribution in [3.8, 4) is 0 Å². The molecule has 0 spiro atoms. The Morgan fingerprint density at radius 3 is 1.82 bits per heavy atom. The molecule has 0 fully saturated rings. The summed E-state index contributed by atoms with van der Waals surface area (Å²) in [7, 11) is 4.01. The Morgan fingerprint density at radius 2 is 1.73 bits per heavy atom. The minimum atomic E-state index is 0.254. The first-order chi connectivity index (χ1) is 4.87. The smallest absolute Gasteiger partial charge is 0.0586 e. The van der Waals surface area contributed by atoms with Crippen molar-refractivity contribution in [1.29, 1.82) is 0 Å². The second kappa shape index (κ2) is 4.07. The van der Waals surface area contributed by atoms with Gasteiger partial charge in [-0.15, -0.1) is 0 Å². The predicted molar refractivity (Wildman–Crippen MR) is 48.6 cm³/mol. The molecule has 1 unspecified atom stereocenters. The van der Waals surface area contributed by atoms with E-state index >= 15 is 0 Å². The summed E-state index contributed by atoms with van der Waals surface area (Å²) < 4.78 is 0. The molecule has 0 aliphatic heterocycles. The Bertz CT molecular complexity index is 105. The number of nitrogens with zero attached hydrogens (tertiary/aromatic N) is 1. The van der Waals surface area contributed by atoms with Crippen LogP contribution in [0.3, 0.4) is 0 Å². The standard InChI is InChI=1S/C9H21NO/c1-9(2,3)6-8(7-11)10(4)5/h8,11H,6-7H2,1-5H3. The number of hydrogen-bond donors (Lipinski definition) is 1. The molecule has 2 nitrogen and oxygen atoms in total. The largest absolute Gasteiger partial charge is 0.395 e. The molecule has 1 atom stereocenters. The van der Waals surface area contributed by atoms with Crippen LogP contribution in [0.4, 0.5) is 0 Å². The first kappa shape index (κ1) is 10.9. The van der Waals surface area contributed by atoms with Crippen molar-refractivity contribution in [2.75, 3.05) is 20.7 Å². The summed E-state index contributed by atoms with van der Waals surface area (Å²) in [6, 6.07) is 0.301. The van der Waals surface area contributed by atoms with E-state index < -0.39 is 0 Å². The van der Waals surface area contributed by atoms with Crippen molar-refractivity contribution in [3.05, 3.63) is 0 Å². The molecule has 68 valence electrons. The van der Waals surface area contributed by atoms with E-state index in [1.165, 1.54) is 0 Å². The van der Waals surface area contributed by atoms with E-state index in [-0.39, 0.29) is 6.61 Å². The van der Waals surface area contributed by atoms with Gasteiger partial charge in [-0.05, 0) is 25.9 Å². The van der Waals surface area contributed by atoms with Gasteiger partial charge in [-0.3, -0.25) is 0 Å². The highest BCUT2D eigenvalue weighted by atomic mass is 16.3. The van der Waals surface area contributed by atoms with Crippen molar-refractivity contribution in [2.45, 2.75) is 33.2 Å². The van der Waals surface area contributed by atoms with Crippen molar-refractivity contribution in [1.82, 2.24) is 4.90 Å². The lowest BCUT2D eigenvalue weighted by atomic mass is 9.88. The summed E-state index contributed by atoms with van der Waals surface area (Å²) >= 11 is 0. The fourth-order valence-corrected chi connectivity index (χ4v) is 1.12. The quantitative estimate of drug-likeness (QED) is 0.672. The van der Waals surface area contributed by atoms with Gasteiger partial charge >= 0.3 is 0 Å². The number of rotatable bonds is 3. The van der Waals surface area contributed by atoms with E-state index in [2.05, 4.69) is 25.7 Å². The first-order valence-electron chi connectivity index (χ1n) is 4.14. The third-order valence-corrected chi connectivity index (χ3v) is 1.79. The van der Waals surface area contributed by atoms with Crippen LogP contribution in [0.1, 0.15) is 27.2 Å². The number of hydrogen-bond acceptors (Lipinski definition) is 2. The summed E-state index contributed by atoms with van der Waals surface area (Å²) in [5, 5.41) is 9.02. The average molecular weight is 159 g/mol. The second-order valence-electron chi connectivity index (χ2n) is 4.56. The Kier molecular flexibility index (Phi) is 4.04. The van der Waals surface area contributed by atoms with Crippen LogP contribution in [-0.2, 0) is 0 Å². The summed E-state index contributed by atoms with van der Waals surface area (Å²) in [4.78, 5) is 2.07. The molecular formula is C9H21NO. The number of aliphatic hydroxyl groups is 1. The van der Waals surface area contributed by atoms with Gasteiger partial charge < -0.3 is 10.0 Å². The van der Waals surface area contributed by atoms with E-state index in [0.717, 1.165) is 6.42 Å². The highest BCUT2D eigenvalue weighted by Gasteiger charge is 2.19. The van der Waals surface area contributed by atoms with E-state index in [1.54, 1.807) is 0 Å². The average Bonchev–Trinajstić information content (AvgIpc) is 1.80. The van der Waals surface area contributed by atoms with Crippen molar-refractivity contribution in [3.63, 3.8) is 0 Å². The molecule has 0 rings (SSSR count). The third kappa shape index (κ3) is 5.22. The fraction of sp³-hybridized carbons (Fsp3) is 1.00. The maximum Gasteiger partial charge on any atom is 0.0586 e. The molecule has 0 aliphatic carbocycles. The molecule has 0 radical (unpaired) electrons. The molecule has 0 bridgehead atoms. The zero-order valence-corrected chi connectivity index (χ0v) is 8.39. The van der Waals surface area contributed by atoms with Gasteiger partial charge in [0.1, 0.15) is 0 Å². The minimum absolute atomic E-state index is 0.254. The van der Waals surface area contributed by atoms with Crippen molar-refractivity contribution >= 4 is 0 Å². The normalized spacial score (nSPS) is 15.5. The van der Waals surface area contributed by atoms with Crippen LogP contribution in [0, 0.1) is 5.41 Å². The maximum absolute atomic E-state index is 9.02. The summed E-state index contributed by atoms with van der Waals surface area (Å²) in [6.45, 7) is 6.84. The summed E-state index contributed by atoms with van der Waals surface area (Å²) in [6.07, 6.45) is 1.04. The van der Waals surface area contributed by atoms with Crippen LogP contribution >= 0.6 is 0 Å². The van der Waals surface area contributed by atoms with Crippen LogP contribution in [0.5, 0.6) is 0 Å². The van der Waals surface area contributed by atoms with E-state index in [0.29, 0.717) is 11.5 Å². The maximum atomic E-state index is 9.02. The lowest BCUT2D eigenvalue weighted by Crippen LogP contribution is -2.34. The van der Waals surface area contributed by atoms with Gasteiger partial charge in [-0.25, -0.2) is 0 Å². The molecule has 0 aromatic rings. The zero-order valence-electron chi connectivity index (χ0n) is 8.39. The topological polar surface area (TPSA) is 23.5 Å². The van der Waals surface area contributed by atoms with E-state index in [1.807, 2.05) is 14.1 Å². The number of likely N-dealkylation sites (N-methyl/N-ethyl adjacent to an activating group) is 1. The van der Waals surface area contributed by atoms with Gasteiger partial charge in [0.2, 0.25) is 0 Å². The molecule has 1 N–H and O–H groups in total. The van der Waals surface area contributed by atoms with E-state index in [9.17, 15) is 0 Å². The minimum Gasteiger partial charge on any atom is -0.395 e. The van der Waals surface area contributed by atoms with Crippen LogP contribution in [0.2, 0.25) is 0 Å². The molecular weight excluding hydrogens is 138 g/mol. The van der Waals surface area contributed by atoms with Crippen LogP contribution in [0.15, 0.2) is 0 Å². The molecule has 0 heterocycles. The van der Waals surface area contributed by atoms with Gasteiger partial charge in [0, 0.05) is 6.04 Å². The first-order valence-corrected chi connectivity index (χ1v) is 4.14. The Hall–Kier alpha value is -0.0800. The van der Waals surface area contributed by atoms with Crippen LogP contribution in [-0.4, -0.2) is 36.8 Å². The lowest BCUT2D eigenvalue weighted by Gasteiger charge is -2.29. The van der Waals surface area contributed by atoms with Gasteiger partial charge in [-0.1, -0.05) is 20.8 Å². The summed E-state index contributed by atoms with van der Waals surface area (Å²) in [5.74, 6) is 0. The monoisotopic (exact) mass is 159 g/mol. The molecule has 0 aromatic carbocycles. The molecule has 0 aliphatic rings. The molecule has 0 saturated heterocycles. The molecule has 0 saturated carbocycles. The molecule has 0 amide bonds. The Balaban J connectivity index is 3.88. The molecule has 0 aromatic heterocycles. The molecule has 2 heteroatoms. The van der Waals surface area contributed by atoms with Gasteiger partial charge in [0.25, 0.3) is 0 Å². The fourth-order valence-electron chi connectivity index (χ4n) is 1.12. The Morgan fingerprint density at radius 1 is 1.27 bits per heavy atom. The highest BCUT2D eigenvalue weighted by molar-refractivity contribution is 4.73.